The fraction of sp³-hybridized carbons (Fsp3) is 0.471. The van der Waals surface area contributed by atoms with E-state index in [1.54, 1.807) is 0 Å². The van der Waals surface area contributed by atoms with Gasteiger partial charge in [0.25, 0.3) is 5.56 Å². The monoisotopic (exact) mass is 332 g/mol. The van der Waals surface area contributed by atoms with Crippen molar-refractivity contribution in [2.45, 2.75) is 12.6 Å². The van der Waals surface area contributed by atoms with Gasteiger partial charge in [-0.05, 0) is 12.1 Å². The molecule has 2 aromatic rings. The first kappa shape index (κ1) is 15.4. The van der Waals surface area contributed by atoms with Gasteiger partial charge in [-0.25, -0.2) is 0 Å². The van der Waals surface area contributed by atoms with E-state index >= 15 is 0 Å². The Hall–Kier alpha value is -2.09. The number of aromatic amines is 1. The van der Waals surface area contributed by atoms with Crippen LogP contribution in [0.4, 0.5) is 0 Å². The molecule has 3 heterocycles. The summed E-state index contributed by atoms with van der Waals surface area (Å²) in [6.45, 7) is 4.05. The summed E-state index contributed by atoms with van der Waals surface area (Å²) >= 11 is 0. The van der Waals surface area contributed by atoms with Crippen molar-refractivity contribution < 1.29 is 18.9 Å². The first-order valence-electron chi connectivity index (χ1n) is 8.15. The third-order valence-electron chi connectivity index (χ3n) is 4.16. The van der Waals surface area contributed by atoms with E-state index in [0.717, 1.165) is 10.9 Å². The molecule has 0 amide bonds. The average molecular weight is 332 g/mol. The van der Waals surface area contributed by atoms with E-state index in [0.29, 0.717) is 63.2 Å². The molecule has 1 atom stereocenters. The van der Waals surface area contributed by atoms with Gasteiger partial charge in [-0.15, -0.1) is 0 Å². The number of rotatable bonds is 4. The highest BCUT2D eigenvalue weighted by atomic mass is 16.6. The molecule has 0 unspecified atom stereocenters. The Morgan fingerprint density at radius 2 is 1.92 bits per heavy atom. The molecule has 1 fully saturated rings. The van der Waals surface area contributed by atoms with Crippen LogP contribution >= 0.6 is 0 Å². The smallest absolute Gasteiger partial charge is 0.252 e. The summed E-state index contributed by atoms with van der Waals surface area (Å²) in [7, 11) is 0. The second-order valence-corrected chi connectivity index (χ2v) is 5.91. The lowest BCUT2D eigenvalue weighted by molar-refractivity contribution is -0.0864. The van der Waals surface area contributed by atoms with Crippen LogP contribution in [0.2, 0.25) is 0 Å². The minimum atomic E-state index is -0.104. The van der Waals surface area contributed by atoms with Gasteiger partial charge in [-0.3, -0.25) is 4.79 Å². The molecule has 0 bridgehead atoms. The van der Waals surface area contributed by atoms with Crippen molar-refractivity contribution in [3.63, 3.8) is 0 Å². The SMILES string of the molecule is O=c1[nH]c2cc3c(cc2cc1CNC[C@@H]1COCCO1)OCCO3. The van der Waals surface area contributed by atoms with Crippen molar-refractivity contribution >= 4 is 10.9 Å². The summed E-state index contributed by atoms with van der Waals surface area (Å²) in [6.07, 6.45) is 0.0378. The zero-order valence-electron chi connectivity index (χ0n) is 13.3. The summed E-state index contributed by atoms with van der Waals surface area (Å²) in [5, 5.41) is 4.18. The average Bonchev–Trinajstić information content (AvgIpc) is 2.61. The zero-order valence-corrected chi connectivity index (χ0v) is 13.3. The Labute approximate surface area is 138 Å². The Morgan fingerprint density at radius 1 is 1.08 bits per heavy atom. The Kier molecular flexibility index (Phi) is 4.38. The number of ether oxygens (including phenoxy) is 4. The van der Waals surface area contributed by atoms with E-state index in [9.17, 15) is 4.79 Å². The number of nitrogens with one attached hydrogen (secondary N) is 2. The molecule has 2 aliphatic rings. The van der Waals surface area contributed by atoms with Gasteiger partial charge in [0.2, 0.25) is 0 Å². The lowest BCUT2D eigenvalue weighted by atomic mass is 10.1. The van der Waals surface area contributed by atoms with Crippen LogP contribution in [0.3, 0.4) is 0 Å². The maximum absolute atomic E-state index is 12.3. The molecule has 1 aromatic carbocycles. The minimum absolute atomic E-state index is 0.0378. The topological polar surface area (TPSA) is 81.8 Å². The van der Waals surface area contributed by atoms with Crippen molar-refractivity contribution in [1.82, 2.24) is 10.3 Å². The molecule has 0 radical (unpaired) electrons. The molecule has 4 rings (SSSR count). The lowest BCUT2D eigenvalue weighted by Gasteiger charge is -2.23. The predicted molar refractivity (Wildman–Crippen MR) is 87.8 cm³/mol. The maximum atomic E-state index is 12.3. The van der Waals surface area contributed by atoms with Gasteiger partial charge in [-0.2, -0.15) is 0 Å². The third kappa shape index (κ3) is 3.24. The van der Waals surface area contributed by atoms with E-state index < -0.39 is 0 Å². The third-order valence-corrected chi connectivity index (χ3v) is 4.16. The van der Waals surface area contributed by atoms with Crippen molar-refractivity contribution in [2.75, 3.05) is 39.6 Å². The lowest BCUT2D eigenvalue weighted by Crippen LogP contribution is -2.37. The van der Waals surface area contributed by atoms with Crippen LogP contribution in [0.25, 0.3) is 10.9 Å². The molecule has 24 heavy (non-hydrogen) atoms. The highest BCUT2D eigenvalue weighted by molar-refractivity contribution is 5.83. The molecule has 128 valence electrons. The molecule has 0 saturated carbocycles. The van der Waals surface area contributed by atoms with Crippen LogP contribution in [-0.2, 0) is 16.0 Å². The van der Waals surface area contributed by atoms with Crippen LogP contribution in [0.15, 0.2) is 23.0 Å². The van der Waals surface area contributed by atoms with Crippen LogP contribution in [0, 0.1) is 0 Å². The summed E-state index contributed by atoms with van der Waals surface area (Å²) in [5.74, 6) is 1.39. The molecular weight excluding hydrogens is 312 g/mol. The number of fused-ring (bicyclic) bond motifs is 2. The molecule has 1 aromatic heterocycles. The first-order chi connectivity index (χ1) is 11.8. The second-order valence-electron chi connectivity index (χ2n) is 5.91. The van der Waals surface area contributed by atoms with E-state index in [-0.39, 0.29) is 11.7 Å². The van der Waals surface area contributed by atoms with Gasteiger partial charge in [0.1, 0.15) is 13.2 Å². The van der Waals surface area contributed by atoms with Crippen molar-refractivity contribution in [3.05, 3.63) is 34.1 Å². The fourth-order valence-electron chi connectivity index (χ4n) is 2.94. The molecule has 0 spiro atoms. The highest BCUT2D eigenvalue weighted by Crippen LogP contribution is 2.33. The number of hydrogen-bond donors (Lipinski definition) is 2. The predicted octanol–water partition coefficient (Wildman–Crippen LogP) is 0.804. The van der Waals surface area contributed by atoms with Gasteiger partial charge in [0, 0.05) is 30.1 Å². The van der Waals surface area contributed by atoms with Crippen molar-refractivity contribution in [2.24, 2.45) is 0 Å². The van der Waals surface area contributed by atoms with Crippen LogP contribution in [0.1, 0.15) is 5.56 Å². The normalized spacial score (nSPS) is 20.2. The molecule has 0 aliphatic carbocycles. The Bertz CT molecular complexity index is 782. The standard InChI is InChI=1S/C17H20N2O5/c20-17-12(8-18-9-13-10-21-1-2-22-13)5-11-6-15-16(7-14(11)19-17)24-4-3-23-15/h5-7,13,18H,1-4,8-10H2,(H,19,20)/t13-/m1/s1. The highest BCUT2D eigenvalue weighted by Gasteiger charge is 2.15. The van der Waals surface area contributed by atoms with Gasteiger partial charge in [0.05, 0.1) is 31.4 Å². The quantitative estimate of drug-likeness (QED) is 0.862. The minimum Gasteiger partial charge on any atom is -0.486 e. The van der Waals surface area contributed by atoms with E-state index in [1.807, 2.05) is 18.2 Å². The molecule has 1 saturated heterocycles. The number of pyridine rings is 1. The Morgan fingerprint density at radius 3 is 2.71 bits per heavy atom. The van der Waals surface area contributed by atoms with Crippen molar-refractivity contribution in [3.8, 4) is 11.5 Å². The molecule has 7 nitrogen and oxygen atoms in total. The molecule has 2 N–H and O–H groups in total. The largest absolute Gasteiger partial charge is 0.486 e. The fourth-order valence-corrected chi connectivity index (χ4v) is 2.94. The van der Waals surface area contributed by atoms with E-state index in [4.69, 9.17) is 18.9 Å². The zero-order chi connectivity index (χ0) is 16.4. The van der Waals surface area contributed by atoms with E-state index in [2.05, 4.69) is 10.3 Å². The summed E-state index contributed by atoms with van der Waals surface area (Å²) < 4.78 is 22.1. The first-order valence-corrected chi connectivity index (χ1v) is 8.15. The van der Waals surface area contributed by atoms with Crippen LogP contribution < -0.4 is 20.3 Å². The molecule has 2 aliphatic heterocycles. The molecule has 7 heteroatoms. The van der Waals surface area contributed by atoms with Gasteiger partial charge in [0.15, 0.2) is 11.5 Å². The maximum Gasteiger partial charge on any atom is 0.252 e. The summed E-state index contributed by atoms with van der Waals surface area (Å²) in [6, 6.07) is 5.61. The summed E-state index contributed by atoms with van der Waals surface area (Å²) in [4.78, 5) is 15.2. The van der Waals surface area contributed by atoms with Crippen LogP contribution in [-0.4, -0.2) is 50.7 Å². The van der Waals surface area contributed by atoms with Gasteiger partial charge >= 0.3 is 0 Å². The number of hydrogen-bond acceptors (Lipinski definition) is 6. The van der Waals surface area contributed by atoms with E-state index in [1.165, 1.54) is 0 Å². The summed E-state index contributed by atoms with van der Waals surface area (Å²) in [5.41, 5.74) is 1.32. The second kappa shape index (κ2) is 6.80. The number of aromatic nitrogens is 1. The Balaban J connectivity index is 1.50. The molecular formula is C17H20N2O5. The van der Waals surface area contributed by atoms with Gasteiger partial charge < -0.3 is 29.2 Å². The van der Waals surface area contributed by atoms with Crippen LogP contribution in [0.5, 0.6) is 11.5 Å². The number of benzene rings is 1. The number of H-pyrrole nitrogens is 1. The van der Waals surface area contributed by atoms with Crippen molar-refractivity contribution in [1.29, 1.82) is 0 Å². The van der Waals surface area contributed by atoms with Gasteiger partial charge in [-0.1, -0.05) is 0 Å².